The number of rotatable bonds is 9. The summed E-state index contributed by atoms with van der Waals surface area (Å²) >= 11 is 0. The molecule has 0 aliphatic heterocycles. The molecule has 3 rings (SSSR count). The van der Waals surface area contributed by atoms with E-state index in [1.165, 1.54) is 6.26 Å². The highest BCUT2D eigenvalue weighted by atomic mass is 16.5. The molecule has 0 aliphatic carbocycles. The molecule has 0 saturated carbocycles. The summed E-state index contributed by atoms with van der Waals surface area (Å²) in [6.07, 6.45) is -0.317. The topological polar surface area (TPSA) is 101 Å². The van der Waals surface area contributed by atoms with Gasteiger partial charge in [-0.1, -0.05) is 42.5 Å². The second-order valence-electron chi connectivity index (χ2n) is 6.43. The van der Waals surface area contributed by atoms with E-state index in [9.17, 15) is 15.0 Å². The Hall–Kier alpha value is -3.13. The minimum Gasteiger partial charge on any atom is -0.497 e. The van der Waals surface area contributed by atoms with Crippen molar-refractivity contribution < 1.29 is 28.9 Å². The Morgan fingerprint density at radius 2 is 1.86 bits per heavy atom. The van der Waals surface area contributed by atoms with Crippen molar-refractivity contribution in [2.75, 3.05) is 13.7 Å². The Morgan fingerprint density at radius 3 is 2.59 bits per heavy atom. The van der Waals surface area contributed by atoms with Crippen LogP contribution >= 0.6 is 0 Å². The van der Waals surface area contributed by atoms with Crippen molar-refractivity contribution in [3.05, 3.63) is 78.3 Å². The molecule has 2 aromatic carbocycles. The third-order valence-electron chi connectivity index (χ3n) is 4.31. The van der Waals surface area contributed by atoms with E-state index in [1.54, 1.807) is 13.2 Å². The van der Waals surface area contributed by atoms with Gasteiger partial charge in [0.1, 0.15) is 11.8 Å². The maximum atomic E-state index is 12.5. The number of hydrogen-bond donors (Lipinski definition) is 3. The molecule has 29 heavy (non-hydrogen) atoms. The molecule has 1 aromatic heterocycles. The lowest BCUT2D eigenvalue weighted by Crippen LogP contribution is -2.46. The van der Waals surface area contributed by atoms with Crippen LogP contribution in [0.4, 0.5) is 0 Å². The molecule has 0 aliphatic rings. The van der Waals surface area contributed by atoms with Crippen molar-refractivity contribution in [1.82, 2.24) is 5.32 Å². The van der Waals surface area contributed by atoms with Gasteiger partial charge in [0.2, 0.25) is 0 Å². The van der Waals surface area contributed by atoms with Gasteiger partial charge in [0, 0.05) is 5.56 Å². The van der Waals surface area contributed by atoms with E-state index in [0.29, 0.717) is 17.9 Å². The molecule has 3 aromatic rings. The first-order chi connectivity index (χ1) is 14.1. The average Bonchev–Trinajstić information content (AvgIpc) is 3.24. The third-order valence-corrected chi connectivity index (χ3v) is 4.31. The van der Waals surface area contributed by atoms with Crippen LogP contribution < -0.4 is 10.1 Å². The van der Waals surface area contributed by atoms with Crippen molar-refractivity contribution in [3.63, 3.8) is 0 Å². The minimum absolute atomic E-state index is 0.0523. The van der Waals surface area contributed by atoms with Crippen molar-refractivity contribution in [1.29, 1.82) is 0 Å². The number of aliphatic hydroxyl groups is 2. The number of nitrogens with one attached hydrogen (secondary N) is 1. The van der Waals surface area contributed by atoms with Gasteiger partial charge >= 0.3 is 0 Å². The molecule has 3 N–H and O–H groups in total. The fourth-order valence-corrected chi connectivity index (χ4v) is 2.73. The largest absolute Gasteiger partial charge is 0.497 e. The number of hydrogen-bond acceptors (Lipinski definition) is 6. The normalized spacial score (nSPS) is 12.0. The Labute approximate surface area is 168 Å². The van der Waals surface area contributed by atoms with E-state index < -0.39 is 18.2 Å². The molecular formula is C22H23NO6. The van der Waals surface area contributed by atoms with Crippen molar-refractivity contribution in [3.8, 4) is 16.9 Å². The highest BCUT2D eigenvalue weighted by molar-refractivity contribution is 5.93. The lowest BCUT2D eigenvalue weighted by Gasteiger charge is -2.20. The van der Waals surface area contributed by atoms with Gasteiger partial charge in [0.15, 0.2) is 12.1 Å². The van der Waals surface area contributed by atoms with Crippen LogP contribution in [0.1, 0.15) is 16.1 Å². The molecule has 7 nitrogen and oxygen atoms in total. The van der Waals surface area contributed by atoms with E-state index in [2.05, 4.69) is 5.32 Å². The number of methoxy groups -OCH3 is 1. The number of benzene rings is 2. The second-order valence-corrected chi connectivity index (χ2v) is 6.43. The van der Waals surface area contributed by atoms with E-state index in [0.717, 1.165) is 11.1 Å². The van der Waals surface area contributed by atoms with Crippen LogP contribution in [-0.2, 0) is 11.3 Å². The quantitative estimate of drug-likeness (QED) is 0.480. The highest BCUT2D eigenvalue weighted by Crippen LogP contribution is 2.25. The average molecular weight is 397 g/mol. The summed E-state index contributed by atoms with van der Waals surface area (Å²) in [7, 11) is 1.58. The lowest BCUT2D eigenvalue weighted by molar-refractivity contribution is -0.0848. The first kappa shape index (κ1) is 20.6. The summed E-state index contributed by atoms with van der Waals surface area (Å²) in [5.41, 5.74) is 2.48. The highest BCUT2D eigenvalue weighted by Gasteiger charge is 2.22. The summed E-state index contributed by atoms with van der Waals surface area (Å²) in [5, 5.41) is 21.6. The molecule has 0 radical (unpaired) electrons. The predicted molar refractivity (Wildman–Crippen MR) is 106 cm³/mol. The molecular weight excluding hydrogens is 374 g/mol. The van der Waals surface area contributed by atoms with Crippen LogP contribution in [0.25, 0.3) is 11.1 Å². The van der Waals surface area contributed by atoms with Crippen LogP contribution in [0.15, 0.2) is 71.3 Å². The first-order valence-electron chi connectivity index (χ1n) is 9.08. The fourth-order valence-electron chi connectivity index (χ4n) is 2.73. The zero-order valence-electron chi connectivity index (χ0n) is 15.9. The molecule has 1 heterocycles. The minimum atomic E-state index is -1.78. The number of carbonyl (C=O) groups excluding carboxylic acids is 1. The van der Waals surface area contributed by atoms with E-state index in [1.807, 2.05) is 54.6 Å². The fraction of sp³-hybridized carbons (Fsp3) is 0.227. The van der Waals surface area contributed by atoms with E-state index >= 15 is 0 Å². The van der Waals surface area contributed by atoms with Gasteiger partial charge in [-0.3, -0.25) is 4.79 Å². The van der Waals surface area contributed by atoms with Crippen molar-refractivity contribution >= 4 is 5.91 Å². The number of furan rings is 1. The molecule has 7 heteroatoms. The molecule has 1 amide bonds. The number of amides is 1. The Morgan fingerprint density at radius 1 is 1.07 bits per heavy atom. The second kappa shape index (κ2) is 9.88. The van der Waals surface area contributed by atoms with Crippen LogP contribution in [0.5, 0.6) is 5.75 Å². The monoisotopic (exact) mass is 397 g/mol. The van der Waals surface area contributed by atoms with Gasteiger partial charge in [-0.05, 0) is 29.3 Å². The van der Waals surface area contributed by atoms with Crippen molar-refractivity contribution in [2.24, 2.45) is 0 Å². The molecule has 0 bridgehead atoms. The SMILES string of the molecule is COc1cccc(-c2coc(C(=O)NC(COCc3ccccc3)C(O)O)c2)c1. The molecule has 1 unspecified atom stereocenters. The number of carbonyl (C=O) groups is 1. The van der Waals surface area contributed by atoms with Crippen molar-refractivity contribution in [2.45, 2.75) is 18.9 Å². The Balaban J connectivity index is 1.60. The number of aliphatic hydroxyl groups excluding tert-OH is 1. The van der Waals surface area contributed by atoms with Crippen LogP contribution in [0, 0.1) is 0 Å². The molecule has 0 fully saturated rings. The molecule has 1 atom stereocenters. The zero-order valence-corrected chi connectivity index (χ0v) is 15.9. The molecule has 0 saturated heterocycles. The number of ether oxygens (including phenoxy) is 2. The smallest absolute Gasteiger partial charge is 0.287 e. The third kappa shape index (κ3) is 5.68. The summed E-state index contributed by atoms with van der Waals surface area (Å²) in [4.78, 5) is 12.5. The first-order valence-corrected chi connectivity index (χ1v) is 9.08. The predicted octanol–water partition coefficient (Wildman–Crippen LogP) is 2.58. The maximum Gasteiger partial charge on any atom is 0.287 e. The standard InChI is InChI=1S/C22H23NO6/c1-27-18-9-5-8-16(10-18)17-11-20(29-13-17)21(24)23-19(22(25)26)14-28-12-15-6-3-2-4-7-15/h2-11,13,19,22,25-26H,12,14H2,1H3,(H,23,24). The molecule has 0 spiro atoms. The summed E-state index contributed by atoms with van der Waals surface area (Å²) in [6, 6.07) is 17.4. The van der Waals surface area contributed by atoms with Gasteiger partial charge in [0.05, 0.1) is 26.6 Å². The van der Waals surface area contributed by atoms with Crippen LogP contribution in [0.3, 0.4) is 0 Å². The van der Waals surface area contributed by atoms with Crippen LogP contribution in [0.2, 0.25) is 0 Å². The zero-order chi connectivity index (χ0) is 20.6. The molecule has 152 valence electrons. The van der Waals surface area contributed by atoms with Crippen LogP contribution in [-0.4, -0.2) is 42.2 Å². The van der Waals surface area contributed by atoms with Gasteiger partial charge in [-0.25, -0.2) is 0 Å². The maximum absolute atomic E-state index is 12.5. The summed E-state index contributed by atoms with van der Waals surface area (Å²) in [5.74, 6) is 0.172. The van der Waals surface area contributed by atoms with E-state index in [4.69, 9.17) is 13.9 Å². The summed E-state index contributed by atoms with van der Waals surface area (Å²) in [6.45, 7) is 0.225. The van der Waals surface area contributed by atoms with Gasteiger partial charge < -0.3 is 29.4 Å². The summed E-state index contributed by atoms with van der Waals surface area (Å²) < 4.78 is 16.1. The van der Waals surface area contributed by atoms with Gasteiger partial charge in [-0.2, -0.15) is 0 Å². The Kier molecular flexibility index (Phi) is 7.02. The van der Waals surface area contributed by atoms with Gasteiger partial charge in [-0.15, -0.1) is 0 Å². The Bertz CT molecular complexity index is 922. The van der Waals surface area contributed by atoms with Gasteiger partial charge in [0.25, 0.3) is 5.91 Å². The van der Waals surface area contributed by atoms with E-state index in [-0.39, 0.29) is 12.4 Å². The lowest BCUT2D eigenvalue weighted by atomic mass is 10.1.